The number of carbonyl (C=O) groups excluding carboxylic acids is 1. The lowest BCUT2D eigenvalue weighted by Gasteiger charge is -2.36. The van der Waals surface area contributed by atoms with Gasteiger partial charge in [-0.3, -0.25) is 4.79 Å². The first-order chi connectivity index (χ1) is 8.99. The van der Waals surface area contributed by atoms with Gasteiger partial charge in [0.25, 0.3) is 8.32 Å². The van der Waals surface area contributed by atoms with E-state index in [-0.39, 0.29) is 16.4 Å². The van der Waals surface area contributed by atoms with Crippen molar-refractivity contribution in [3.05, 3.63) is 23.5 Å². The van der Waals surface area contributed by atoms with Crippen molar-refractivity contribution in [1.29, 1.82) is 0 Å². The minimum atomic E-state index is -2.09. The van der Waals surface area contributed by atoms with Crippen LogP contribution in [0.2, 0.25) is 18.1 Å². The van der Waals surface area contributed by atoms with Crippen LogP contribution >= 0.6 is 0 Å². The molecule has 0 bridgehead atoms. The summed E-state index contributed by atoms with van der Waals surface area (Å²) < 4.78 is 25.2. The fourth-order valence-corrected chi connectivity index (χ4v) is 2.49. The summed E-state index contributed by atoms with van der Waals surface area (Å²) in [5.41, 5.74) is 0.0180. The van der Waals surface area contributed by atoms with Gasteiger partial charge in [-0.25, -0.2) is 4.39 Å². The molecule has 0 atom stereocenters. The molecule has 20 heavy (non-hydrogen) atoms. The molecule has 0 aromatic heterocycles. The van der Waals surface area contributed by atoms with Crippen LogP contribution in [0.3, 0.4) is 0 Å². The lowest BCUT2D eigenvalue weighted by molar-refractivity contribution is 0.101. The number of hydrogen-bond donors (Lipinski definition) is 0. The molecule has 0 fully saturated rings. The number of Topliss-reactive ketones (excluding diaryl/α,β-unsaturated/α-hetero) is 1. The molecule has 1 aromatic carbocycles. The first-order valence-corrected chi connectivity index (χ1v) is 9.48. The van der Waals surface area contributed by atoms with Crippen molar-refractivity contribution in [1.82, 2.24) is 0 Å². The first kappa shape index (κ1) is 16.7. The molecular formula is C15H23FO3Si. The van der Waals surface area contributed by atoms with Gasteiger partial charge in [0, 0.05) is 6.07 Å². The Morgan fingerprint density at radius 2 is 1.75 bits per heavy atom. The number of ketones is 1. The van der Waals surface area contributed by atoms with Crippen LogP contribution in [-0.4, -0.2) is 21.2 Å². The Morgan fingerprint density at radius 1 is 1.20 bits per heavy atom. The quantitative estimate of drug-likeness (QED) is 0.609. The van der Waals surface area contributed by atoms with E-state index in [0.29, 0.717) is 11.5 Å². The van der Waals surface area contributed by atoms with Crippen LogP contribution in [0.5, 0.6) is 11.5 Å². The first-order valence-electron chi connectivity index (χ1n) is 6.57. The Kier molecular flexibility index (Phi) is 4.64. The molecular weight excluding hydrogens is 275 g/mol. The van der Waals surface area contributed by atoms with Gasteiger partial charge in [-0.1, -0.05) is 20.8 Å². The average molecular weight is 298 g/mol. The monoisotopic (exact) mass is 298 g/mol. The van der Waals surface area contributed by atoms with Gasteiger partial charge < -0.3 is 9.16 Å². The van der Waals surface area contributed by atoms with Gasteiger partial charge in [0.2, 0.25) is 0 Å². The number of methoxy groups -OCH3 is 1. The number of benzene rings is 1. The van der Waals surface area contributed by atoms with E-state index in [9.17, 15) is 9.18 Å². The largest absolute Gasteiger partial charge is 0.541 e. The number of carbonyl (C=O) groups is 1. The standard InChI is InChI=1S/C15H23FO3Si/c1-10(17)11-8-13(18-5)14(9-12(11)16)19-20(6,7)15(2,3)4/h8-9H,1-7H3. The van der Waals surface area contributed by atoms with Gasteiger partial charge in [0.1, 0.15) is 11.6 Å². The van der Waals surface area contributed by atoms with Crippen LogP contribution in [0.4, 0.5) is 4.39 Å². The summed E-state index contributed by atoms with van der Waals surface area (Å²) in [5, 5.41) is -0.00622. The van der Waals surface area contributed by atoms with Crippen LogP contribution in [0.1, 0.15) is 38.1 Å². The SMILES string of the molecule is COc1cc(C(C)=O)c(F)cc1O[Si](C)(C)C(C)(C)C. The molecule has 0 heterocycles. The Hall–Kier alpha value is -1.36. The molecule has 0 saturated carbocycles. The average Bonchev–Trinajstić information content (AvgIpc) is 2.26. The highest BCUT2D eigenvalue weighted by Crippen LogP contribution is 2.40. The van der Waals surface area contributed by atoms with E-state index >= 15 is 0 Å². The van der Waals surface area contributed by atoms with E-state index in [1.54, 1.807) is 0 Å². The normalized spacial score (nSPS) is 12.2. The molecule has 0 N–H and O–H groups in total. The summed E-state index contributed by atoms with van der Waals surface area (Å²) in [5.74, 6) is -0.158. The molecule has 0 aliphatic rings. The van der Waals surface area contributed by atoms with Crippen molar-refractivity contribution in [2.24, 2.45) is 0 Å². The molecule has 0 amide bonds. The summed E-state index contributed by atoms with van der Waals surface area (Å²) in [6, 6.07) is 2.65. The van der Waals surface area contributed by atoms with Gasteiger partial charge in [0.05, 0.1) is 12.7 Å². The van der Waals surface area contributed by atoms with Crippen LogP contribution in [0.25, 0.3) is 0 Å². The highest BCUT2D eigenvalue weighted by molar-refractivity contribution is 6.74. The lowest BCUT2D eigenvalue weighted by Crippen LogP contribution is -2.44. The Balaban J connectivity index is 3.26. The number of halogens is 1. The predicted molar refractivity (Wildman–Crippen MR) is 80.8 cm³/mol. The van der Waals surface area contributed by atoms with Crippen LogP contribution in [0, 0.1) is 5.82 Å². The molecule has 3 nitrogen and oxygen atoms in total. The van der Waals surface area contributed by atoms with Crippen molar-refractivity contribution in [2.45, 2.75) is 45.8 Å². The Bertz CT molecular complexity index is 519. The van der Waals surface area contributed by atoms with Gasteiger partial charge in [-0.05, 0) is 31.1 Å². The summed E-state index contributed by atoms with van der Waals surface area (Å²) >= 11 is 0. The summed E-state index contributed by atoms with van der Waals surface area (Å²) in [7, 11) is -0.611. The topological polar surface area (TPSA) is 35.5 Å². The number of rotatable bonds is 4. The van der Waals surface area contributed by atoms with Gasteiger partial charge in [-0.2, -0.15) is 0 Å². The number of ether oxygens (including phenoxy) is 1. The van der Waals surface area contributed by atoms with Crippen molar-refractivity contribution >= 4 is 14.1 Å². The molecule has 0 unspecified atom stereocenters. The van der Waals surface area contributed by atoms with Crippen molar-refractivity contribution in [2.75, 3.05) is 7.11 Å². The smallest absolute Gasteiger partial charge is 0.250 e. The minimum absolute atomic E-state index is 0.00622. The van der Waals surface area contributed by atoms with Crippen molar-refractivity contribution in [3.63, 3.8) is 0 Å². The maximum Gasteiger partial charge on any atom is 0.250 e. The third-order valence-corrected chi connectivity index (χ3v) is 8.15. The van der Waals surface area contributed by atoms with E-state index in [0.717, 1.165) is 0 Å². The zero-order chi connectivity index (χ0) is 15.7. The summed E-state index contributed by atoms with van der Waals surface area (Å²) in [6.07, 6.45) is 0. The molecule has 5 heteroatoms. The van der Waals surface area contributed by atoms with E-state index in [1.807, 2.05) is 0 Å². The van der Waals surface area contributed by atoms with Crippen LogP contribution < -0.4 is 9.16 Å². The molecule has 0 radical (unpaired) electrons. The zero-order valence-electron chi connectivity index (χ0n) is 13.3. The molecule has 1 rings (SSSR count). The predicted octanol–water partition coefficient (Wildman–Crippen LogP) is 4.42. The molecule has 0 aliphatic heterocycles. The van der Waals surface area contributed by atoms with Crippen LogP contribution in [-0.2, 0) is 0 Å². The van der Waals surface area contributed by atoms with E-state index < -0.39 is 14.1 Å². The third kappa shape index (κ3) is 3.39. The van der Waals surface area contributed by atoms with Crippen LogP contribution in [0.15, 0.2) is 12.1 Å². The minimum Gasteiger partial charge on any atom is -0.541 e. The summed E-state index contributed by atoms with van der Waals surface area (Å²) in [4.78, 5) is 11.4. The van der Waals surface area contributed by atoms with E-state index in [2.05, 4.69) is 33.9 Å². The van der Waals surface area contributed by atoms with Gasteiger partial charge in [0.15, 0.2) is 11.5 Å². The second kappa shape index (κ2) is 5.56. The maximum absolute atomic E-state index is 13.9. The second-order valence-electron chi connectivity index (χ2n) is 6.40. The Morgan fingerprint density at radius 3 is 2.15 bits per heavy atom. The molecule has 0 spiro atoms. The van der Waals surface area contributed by atoms with E-state index in [4.69, 9.17) is 9.16 Å². The lowest BCUT2D eigenvalue weighted by atomic mass is 10.1. The molecule has 112 valence electrons. The highest BCUT2D eigenvalue weighted by atomic mass is 28.4. The zero-order valence-corrected chi connectivity index (χ0v) is 14.3. The van der Waals surface area contributed by atoms with Gasteiger partial charge >= 0.3 is 0 Å². The molecule has 0 saturated heterocycles. The van der Waals surface area contributed by atoms with Crippen molar-refractivity contribution < 1.29 is 18.3 Å². The maximum atomic E-state index is 13.9. The molecule has 1 aromatic rings. The van der Waals surface area contributed by atoms with Crippen molar-refractivity contribution in [3.8, 4) is 11.5 Å². The molecule has 0 aliphatic carbocycles. The summed E-state index contributed by atoms with van der Waals surface area (Å²) in [6.45, 7) is 11.8. The highest BCUT2D eigenvalue weighted by Gasteiger charge is 2.39. The fraction of sp³-hybridized carbons (Fsp3) is 0.533. The van der Waals surface area contributed by atoms with E-state index in [1.165, 1.54) is 26.2 Å². The van der Waals surface area contributed by atoms with Gasteiger partial charge in [-0.15, -0.1) is 0 Å². The number of hydrogen-bond acceptors (Lipinski definition) is 3. The fourth-order valence-electron chi connectivity index (χ4n) is 1.47. The third-order valence-electron chi connectivity index (χ3n) is 3.80. The second-order valence-corrected chi connectivity index (χ2v) is 11.1. The Labute approximate surface area is 121 Å².